The van der Waals surface area contributed by atoms with Gasteiger partial charge in [-0.2, -0.15) is 5.26 Å². The van der Waals surface area contributed by atoms with E-state index in [1.807, 2.05) is 6.07 Å². The van der Waals surface area contributed by atoms with E-state index in [0.29, 0.717) is 6.42 Å². The fourth-order valence-corrected chi connectivity index (χ4v) is 0.491. The summed E-state index contributed by atoms with van der Waals surface area (Å²) in [4.78, 5) is 10.4. The van der Waals surface area contributed by atoms with Gasteiger partial charge in [0.2, 0.25) is 0 Å². The molecule has 0 saturated heterocycles. The van der Waals surface area contributed by atoms with Crippen molar-refractivity contribution in [3.05, 3.63) is 12.7 Å². The third-order valence-electron chi connectivity index (χ3n) is 0.958. The van der Waals surface area contributed by atoms with Crippen molar-refractivity contribution < 1.29 is 4.79 Å². The molecule has 0 bridgehead atoms. The van der Waals surface area contributed by atoms with Gasteiger partial charge < -0.3 is 0 Å². The molecule has 0 saturated carbocycles. The van der Waals surface area contributed by atoms with Gasteiger partial charge in [0.25, 0.3) is 0 Å². The number of nitriles is 1. The van der Waals surface area contributed by atoms with Crippen LogP contribution in [0.4, 0.5) is 0 Å². The Kier molecular flexibility index (Phi) is 3.38. The van der Waals surface area contributed by atoms with E-state index in [1.54, 1.807) is 0 Å². The zero-order valence-corrected chi connectivity index (χ0v) is 5.42. The number of carbonyl (C=O) groups is 1. The van der Waals surface area contributed by atoms with Crippen molar-refractivity contribution in [1.29, 1.82) is 5.26 Å². The summed E-state index contributed by atoms with van der Waals surface area (Å²) < 4.78 is 0. The molecule has 0 fully saturated rings. The fourth-order valence-electron chi connectivity index (χ4n) is 0.491. The van der Waals surface area contributed by atoms with E-state index in [9.17, 15) is 4.79 Å². The van der Waals surface area contributed by atoms with E-state index in [2.05, 4.69) is 6.58 Å². The highest BCUT2D eigenvalue weighted by Gasteiger charge is 2.03. The Hall–Kier alpha value is -1.10. The highest BCUT2D eigenvalue weighted by molar-refractivity contribution is 5.76. The minimum absolute atomic E-state index is 0.0291. The lowest BCUT2D eigenvalue weighted by molar-refractivity contribution is -0.117. The first-order chi connectivity index (χ1) is 4.20. The van der Waals surface area contributed by atoms with Gasteiger partial charge in [0.15, 0.2) is 0 Å². The second-order valence-electron chi connectivity index (χ2n) is 1.88. The van der Waals surface area contributed by atoms with Crippen molar-refractivity contribution in [1.82, 2.24) is 0 Å². The molecule has 0 rings (SSSR count). The van der Waals surface area contributed by atoms with Gasteiger partial charge in [-0.1, -0.05) is 6.08 Å². The van der Waals surface area contributed by atoms with Crippen molar-refractivity contribution in [3.63, 3.8) is 0 Å². The third kappa shape index (κ3) is 3.48. The zero-order valence-electron chi connectivity index (χ0n) is 5.42. The maximum absolute atomic E-state index is 10.4. The molecule has 1 atom stereocenters. The Bertz CT molecular complexity index is 155. The van der Waals surface area contributed by atoms with Crippen LogP contribution in [0.2, 0.25) is 0 Å². The number of hydrogen-bond donors (Lipinski definition) is 0. The number of nitrogens with zero attached hydrogens (tertiary/aromatic N) is 1. The molecule has 48 valence electrons. The average molecular weight is 123 g/mol. The molecule has 9 heavy (non-hydrogen) atoms. The maximum Gasteiger partial charge on any atom is 0.131 e. The minimum atomic E-state index is -0.303. The number of Topliss-reactive ketones (excluding diaryl/α,β-unsaturated/α-hetero) is 1. The molecule has 2 nitrogen and oxygen atoms in total. The summed E-state index contributed by atoms with van der Waals surface area (Å²) in [5, 5.41) is 8.30. The summed E-state index contributed by atoms with van der Waals surface area (Å²) in [6.45, 7) is 4.88. The highest BCUT2D eigenvalue weighted by atomic mass is 16.1. The summed E-state index contributed by atoms with van der Waals surface area (Å²) in [6, 6.07) is 1.94. The molecule has 0 aliphatic rings. The van der Waals surface area contributed by atoms with Gasteiger partial charge in [-0.3, -0.25) is 4.79 Å². The molecule has 0 heterocycles. The molecular formula is C7H9NO. The van der Waals surface area contributed by atoms with Crippen LogP contribution in [0, 0.1) is 17.2 Å². The van der Waals surface area contributed by atoms with E-state index >= 15 is 0 Å². The molecule has 2 heteroatoms. The van der Waals surface area contributed by atoms with Crippen molar-refractivity contribution in [2.24, 2.45) is 5.92 Å². The second-order valence-corrected chi connectivity index (χ2v) is 1.88. The highest BCUT2D eigenvalue weighted by Crippen LogP contribution is 2.01. The largest absolute Gasteiger partial charge is 0.300 e. The second kappa shape index (κ2) is 3.85. The predicted octanol–water partition coefficient (Wildman–Crippen LogP) is 1.29. The zero-order chi connectivity index (χ0) is 7.28. The van der Waals surface area contributed by atoms with Gasteiger partial charge in [0.1, 0.15) is 5.78 Å². The standard InChI is InChI=1S/C7H9NO/c1-3-7(5-8)4-6(2)9/h3,7H,1,4H2,2H3. The molecule has 0 amide bonds. The average Bonchev–Trinajstić information content (AvgIpc) is 1.82. The summed E-state index contributed by atoms with van der Waals surface area (Å²) in [5.41, 5.74) is 0. The van der Waals surface area contributed by atoms with E-state index in [4.69, 9.17) is 5.26 Å². The van der Waals surface area contributed by atoms with Crippen LogP contribution in [0.3, 0.4) is 0 Å². The van der Waals surface area contributed by atoms with Crippen molar-refractivity contribution in [3.8, 4) is 6.07 Å². The Morgan fingerprint density at radius 2 is 2.56 bits per heavy atom. The molecule has 0 radical (unpaired) electrons. The van der Waals surface area contributed by atoms with Crippen molar-refractivity contribution >= 4 is 5.78 Å². The first-order valence-electron chi connectivity index (χ1n) is 2.72. The Balaban J connectivity index is 3.73. The maximum atomic E-state index is 10.4. The predicted molar refractivity (Wildman–Crippen MR) is 34.6 cm³/mol. The Morgan fingerprint density at radius 3 is 2.67 bits per heavy atom. The normalized spacial score (nSPS) is 11.6. The third-order valence-corrected chi connectivity index (χ3v) is 0.958. The molecule has 0 aromatic heterocycles. The van der Waals surface area contributed by atoms with Gasteiger partial charge >= 0.3 is 0 Å². The van der Waals surface area contributed by atoms with E-state index in [0.717, 1.165) is 0 Å². The summed E-state index contributed by atoms with van der Waals surface area (Å²) in [5.74, 6) is -0.274. The molecule has 0 aliphatic heterocycles. The number of rotatable bonds is 3. The molecule has 0 N–H and O–H groups in total. The molecule has 1 unspecified atom stereocenters. The lowest BCUT2D eigenvalue weighted by Gasteiger charge is -1.95. The topological polar surface area (TPSA) is 40.9 Å². The van der Waals surface area contributed by atoms with E-state index < -0.39 is 0 Å². The fraction of sp³-hybridized carbons (Fsp3) is 0.429. The summed E-state index contributed by atoms with van der Waals surface area (Å²) in [6.07, 6.45) is 1.78. The van der Waals surface area contributed by atoms with E-state index in [-0.39, 0.29) is 11.7 Å². The minimum Gasteiger partial charge on any atom is -0.300 e. The van der Waals surface area contributed by atoms with Crippen LogP contribution in [0.5, 0.6) is 0 Å². The molecular weight excluding hydrogens is 114 g/mol. The number of allylic oxidation sites excluding steroid dienone is 1. The monoisotopic (exact) mass is 123 g/mol. The van der Waals surface area contributed by atoms with Crippen molar-refractivity contribution in [2.75, 3.05) is 0 Å². The van der Waals surface area contributed by atoms with Gasteiger partial charge in [0.05, 0.1) is 12.0 Å². The first kappa shape index (κ1) is 7.90. The van der Waals surface area contributed by atoms with E-state index in [1.165, 1.54) is 13.0 Å². The van der Waals surface area contributed by atoms with Gasteiger partial charge in [-0.15, -0.1) is 6.58 Å². The SMILES string of the molecule is C=CC(C#N)CC(C)=O. The van der Waals surface area contributed by atoms with Crippen molar-refractivity contribution in [2.45, 2.75) is 13.3 Å². The lowest BCUT2D eigenvalue weighted by Crippen LogP contribution is -1.99. The lowest BCUT2D eigenvalue weighted by atomic mass is 10.1. The molecule has 0 spiro atoms. The van der Waals surface area contributed by atoms with Crippen LogP contribution < -0.4 is 0 Å². The Morgan fingerprint density at radius 1 is 2.00 bits per heavy atom. The van der Waals surface area contributed by atoms with Gasteiger partial charge in [0, 0.05) is 6.42 Å². The molecule has 0 aromatic rings. The van der Waals surface area contributed by atoms with Crippen LogP contribution in [-0.2, 0) is 4.79 Å². The van der Waals surface area contributed by atoms with Gasteiger partial charge in [-0.05, 0) is 6.92 Å². The smallest absolute Gasteiger partial charge is 0.131 e. The summed E-state index contributed by atoms with van der Waals surface area (Å²) >= 11 is 0. The number of ketones is 1. The first-order valence-corrected chi connectivity index (χ1v) is 2.72. The molecule has 0 aliphatic carbocycles. The van der Waals surface area contributed by atoms with Crippen LogP contribution in [-0.4, -0.2) is 5.78 Å². The van der Waals surface area contributed by atoms with Gasteiger partial charge in [-0.25, -0.2) is 0 Å². The number of carbonyl (C=O) groups excluding carboxylic acids is 1. The van der Waals surface area contributed by atoms with Crippen LogP contribution >= 0.6 is 0 Å². The number of hydrogen-bond acceptors (Lipinski definition) is 2. The molecule has 0 aromatic carbocycles. The van der Waals surface area contributed by atoms with Crippen LogP contribution in [0.25, 0.3) is 0 Å². The van der Waals surface area contributed by atoms with Crippen LogP contribution in [0.15, 0.2) is 12.7 Å². The summed E-state index contributed by atoms with van der Waals surface area (Å²) in [7, 11) is 0. The quantitative estimate of drug-likeness (QED) is 0.530. The van der Waals surface area contributed by atoms with Crippen LogP contribution in [0.1, 0.15) is 13.3 Å². The Labute approximate surface area is 54.8 Å².